The number of hydrogen-bond donors (Lipinski definition) is 3. The van der Waals surface area contributed by atoms with E-state index in [0.717, 1.165) is 54.0 Å². The van der Waals surface area contributed by atoms with E-state index in [1.165, 1.54) is 24.3 Å². The maximum absolute atomic E-state index is 13.4. The summed E-state index contributed by atoms with van der Waals surface area (Å²) in [5.74, 6) is -0.879. The first-order chi connectivity index (χ1) is 19.4. The van der Waals surface area contributed by atoms with Crippen molar-refractivity contribution < 1.29 is 23.9 Å². The zero-order chi connectivity index (χ0) is 28.5. The van der Waals surface area contributed by atoms with Crippen LogP contribution in [0.4, 0.5) is 20.6 Å². The summed E-state index contributed by atoms with van der Waals surface area (Å²) in [5, 5.41) is 15.8. The number of nitrogens with zero attached hydrogens (tertiary/aromatic N) is 2. The molecule has 8 nitrogen and oxygen atoms in total. The zero-order valence-electron chi connectivity index (χ0n) is 22.2. The molecule has 40 heavy (non-hydrogen) atoms. The largest absolute Gasteiger partial charge is 0.478 e. The number of hydrazone groups is 1. The van der Waals surface area contributed by atoms with E-state index in [-0.39, 0.29) is 17.2 Å². The van der Waals surface area contributed by atoms with Gasteiger partial charge >= 0.3 is 12.0 Å². The minimum atomic E-state index is -0.951. The molecule has 4 rings (SSSR count). The third-order valence-corrected chi connectivity index (χ3v) is 7.42. The fraction of sp³-hybridized carbons (Fsp3) is 0.267. The number of nitrogens with one attached hydrogen (secondary N) is 2. The molecule has 0 aliphatic carbocycles. The van der Waals surface area contributed by atoms with Gasteiger partial charge in [-0.1, -0.05) is 38.3 Å². The number of carbonyl (C=O) groups is 3. The number of hydrogen-bond acceptors (Lipinski definition) is 5. The Hall–Kier alpha value is -4.18. The van der Waals surface area contributed by atoms with Crippen molar-refractivity contribution >= 4 is 46.8 Å². The van der Waals surface area contributed by atoms with Crippen molar-refractivity contribution in [3.8, 4) is 0 Å². The molecule has 208 valence electrons. The minimum absolute atomic E-state index is 0.159. The highest BCUT2D eigenvalue weighted by Crippen LogP contribution is 2.33. The Morgan fingerprint density at radius 3 is 2.45 bits per heavy atom. The molecule has 0 spiro atoms. The Kier molecular flexibility index (Phi) is 9.91. The van der Waals surface area contributed by atoms with Crippen LogP contribution in [0.1, 0.15) is 54.1 Å². The van der Waals surface area contributed by atoms with Gasteiger partial charge in [-0.3, -0.25) is 4.79 Å². The smallest absolute Gasteiger partial charge is 0.339 e. The summed E-state index contributed by atoms with van der Waals surface area (Å²) in [6.45, 7) is 2.69. The third kappa shape index (κ3) is 7.47. The lowest BCUT2D eigenvalue weighted by Gasteiger charge is -2.16. The second kappa shape index (κ2) is 13.7. The Morgan fingerprint density at radius 2 is 1.75 bits per heavy atom. The first-order valence-corrected chi connectivity index (χ1v) is 14.2. The topological polar surface area (TPSA) is 111 Å². The number of rotatable bonds is 12. The van der Waals surface area contributed by atoms with Crippen LogP contribution in [0.5, 0.6) is 0 Å². The van der Waals surface area contributed by atoms with Crippen LogP contribution in [0, 0.1) is 5.82 Å². The number of carbonyl (C=O) groups excluding carboxylic acids is 2. The van der Waals surface area contributed by atoms with Crippen LogP contribution in [0.2, 0.25) is 0 Å². The van der Waals surface area contributed by atoms with E-state index in [4.69, 9.17) is 5.11 Å². The number of aromatic carboxylic acids is 1. The number of halogens is 1. The van der Waals surface area contributed by atoms with Gasteiger partial charge in [0.25, 0.3) is 5.91 Å². The number of unbranched alkanes of at least 4 members (excludes halogenated alkanes) is 3. The molecule has 0 bridgehead atoms. The lowest BCUT2D eigenvalue weighted by molar-refractivity contribution is -0.112. The van der Waals surface area contributed by atoms with Gasteiger partial charge in [-0.15, -0.1) is 11.8 Å². The number of benzene rings is 3. The average molecular weight is 563 g/mol. The maximum Gasteiger partial charge on any atom is 0.339 e. The van der Waals surface area contributed by atoms with E-state index < -0.39 is 17.8 Å². The van der Waals surface area contributed by atoms with Crippen molar-refractivity contribution in [2.45, 2.75) is 43.9 Å². The van der Waals surface area contributed by atoms with Gasteiger partial charge in [0.1, 0.15) is 5.82 Å². The third-order valence-electron chi connectivity index (χ3n) is 6.43. The number of carboxylic acid groups (broad SMARTS) is 1. The SMILES string of the molecule is CCCCCCN1C(=O)/C(=N\NC(=O)Nc2ccc(F)cc2)c2cc(SCCc3ccc(C(=O)O)cc3)ccc21. The number of fused-ring (bicyclic) bond motifs is 1. The van der Waals surface area contributed by atoms with Gasteiger partial charge in [0, 0.05) is 28.4 Å². The van der Waals surface area contributed by atoms with Crippen molar-refractivity contribution in [2.24, 2.45) is 5.10 Å². The second-order valence-electron chi connectivity index (χ2n) is 9.33. The number of carboxylic acids is 1. The summed E-state index contributed by atoms with van der Waals surface area (Å²) in [7, 11) is 0. The number of amides is 3. The highest BCUT2D eigenvalue weighted by atomic mass is 32.2. The molecule has 3 aromatic carbocycles. The standard InChI is InChI=1S/C30H31FN4O4S/c1-2-3-4-5-17-35-26-15-14-24(40-18-16-20-6-8-21(9-7-20)29(37)38)19-25(26)27(28(35)36)33-34-30(39)32-23-12-10-22(31)11-13-23/h6-15,19H,2-5,16-18H2,1H3,(H,37,38)(H2,32,34,39)/b33-27-. The van der Waals surface area contributed by atoms with Gasteiger partial charge < -0.3 is 15.3 Å². The van der Waals surface area contributed by atoms with Crippen molar-refractivity contribution in [2.75, 3.05) is 22.5 Å². The maximum atomic E-state index is 13.4. The Bertz CT molecular complexity index is 1390. The van der Waals surface area contributed by atoms with E-state index in [1.807, 2.05) is 30.3 Å². The summed E-state index contributed by atoms with van der Waals surface area (Å²) in [5.41, 5.74) is 5.65. The first kappa shape index (κ1) is 28.8. The van der Waals surface area contributed by atoms with Crippen LogP contribution in [0.15, 0.2) is 76.7 Å². The quantitative estimate of drug-likeness (QED) is 0.136. The van der Waals surface area contributed by atoms with Crippen molar-refractivity contribution in [1.29, 1.82) is 0 Å². The van der Waals surface area contributed by atoms with Crippen LogP contribution in [-0.2, 0) is 11.2 Å². The van der Waals surface area contributed by atoms with Gasteiger partial charge in [0.05, 0.1) is 11.3 Å². The van der Waals surface area contributed by atoms with Crippen molar-refractivity contribution in [3.05, 3.63) is 89.2 Å². The molecular formula is C30H31FN4O4S. The predicted octanol–water partition coefficient (Wildman–Crippen LogP) is 6.31. The van der Waals surface area contributed by atoms with Crippen LogP contribution < -0.4 is 15.6 Å². The molecule has 0 atom stereocenters. The lowest BCUT2D eigenvalue weighted by atomic mass is 10.1. The first-order valence-electron chi connectivity index (χ1n) is 13.2. The second-order valence-corrected chi connectivity index (χ2v) is 10.5. The number of urea groups is 1. The summed E-state index contributed by atoms with van der Waals surface area (Å²) < 4.78 is 13.2. The van der Waals surface area contributed by atoms with E-state index in [9.17, 15) is 18.8 Å². The van der Waals surface area contributed by atoms with Crippen molar-refractivity contribution in [3.63, 3.8) is 0 Å². The van der Waals surface area contributed by atoms with Gasteiger partial charge in [-0.25, -0.2) is 19.4 Å². The number of aryl methyl sites for hydroxylation is 1. The van der Waals surface area contributed by atoms with Crippen LogP contribution in [-0.4, -0.2) is 41.0 Å². The molecule has 1 aliphatic rings. The number of thioether (sulfide) groups is 1. The Balaban J connectivity index is 1.47. The molecule has 3 amide bonds. The molecule has 0 fully saturated rings. The van der Waals surface area contributed by atoms with Crippen molar-refractivity contribution in [1.82, 2.24) is 5.43 Å². The normalized spacial score (nSPS) is 13.4. The van der Waals surface area contributed by atoms with Crippen LogP contribution in [0.3, 0.4) is 0 Å². The fourth-order valence-electron chi connectivity index (χ4n) is 4.31. The molecular weight excluding hydrogens is 531 g/mol. The summed E-state index contributed by atoms with van der Waals surface area (Å²) in [6, 6.07) is 17.3. The minimum Gasteiger partial charge on any atom is -0.478 e. The van der Waals surface area contributed by atoms with Gasteiger partial charge in [0.2, 0.25) is 0 Å². The monoisotopic (exact) mass is 562 g/mol. The summed E-state index contributed by atoms with van der Waals surface area (Å²) >= 11 is 1.62. The van der Waals surface area contributed by atoms with Gasteiger partial charge in [0.15, 0.2) is 5.71 Å². The molecule has 0 radical (unpaired) electrons. The summed E-state index contributed by atoms with van der Waals surface area (Å²) in [6.07, 6.45) is 4.81. The average Bonchev–Trinajstić information content (AvgIpc) is 3.21. The van der Waals surface area contributed by atoms with Gasteiger partial charge in [-0.05, 0) is 73.0 Å². The molecule has 1 heterocycles. The van der Waals surface area contributed by atoms with Gasteiger partial charge in [-0.2, -0.15) is 5.10 Å². The molecule has 3 aromatic rings. The molecule has 0 saturated carbocycles. The van der Waals surface area contributed by atoms with Crippen LogP contribution >= 0.6 is 11.8 Å². The Labute approximate surface area is 236 Å². The fourth-order valence-corrected chi connectivity index (χ4v) is 5.25. The molecule has 10 heteroatoms. The number of anilines is 2. The molecule has 0 aromatic heterocycles. The molecule has 0 unspecified atom stereocenters. The molecule has 3 N–H and O–H groups in total. The molecule has 0 saturated heterocycles. The highest BCUT2D eigenvalue weighted by Gasteiger charge is 2.34. The van der Waals surface area contributed by atoms with E-state index in [2.05, 4.69) is 22.8 Å². The summed E-state index contributed by atoms with van der Waals surface area (Å²) in [4.78, 5) is 39.5. The van der Waals surface area contributed by atoms with E-state index >= 15 is 0 Å². The zero-order valence-corrected chi connectivity index (χ0v) is 23.0. The van der Waals surface area contributed by atoms with E-state index in [1.54, 1.807) is 28.8 Å². The highest BCUT2D eigenvalue weighted by molar-refractivity contribution is 7.99. The van der Waals surface area contributed by atoms with E-state index in [0.29, 0.717) is 17.8 Å². The molecule has 1 aliphatic heterocycles. The lowest BCUT2D eigenvalue weighted by Crippen LogP contribution is -2.33. The predicted molar refractivity (Wildman–Crippen MR) is 156 cm³/mol. The van der Waals surface area contributed by atoms with Crippen LogP contribution in [0.25, 0.3) is 0 Å². The Morgan fingerprint density at radius 1 is 1.00 bits per heavy atom.